The van der Waals surface area contributed by atoms with Crippen LogP contribution in [-0.2, 0) is 0 Å². The number of hydrogen-bond donors (Lipinski definition) is 3. The van der Waals surface area contributed by atoms with Gasteiger partial charge in [-0.2, -0.15) is 13.2 Å². The zero-order valence-corrected chi connectivity index (χ0v) is 14.3. The second-order valence-electron chi connectivity index (χ2n) is 5.17. The molecule has 0 amide bonds. The Labute approximate surface area is 148 Å². The van der Waals surface area contributed by atoms with Crippen molar-refractivity contribution in [2.24, 2.45) is 5.92 Å². The van der Waals surface area contributed by atoms with E-state index in [-0.39, 0.29) is 9.99 Å². The first-order valence-corrected chi connectivity index (χ1v) is 8.89. The van der Waals surface area contributed by atoms with E-state index in [0.29, 0.717) is 4.88 Å². The molecule has 0 aliphatic carbocycles. The SMILES string of the molecule is O=C(c1cccs1)[C@H]1[C@H](c2cccs2)NC(=S)N[C@@]1(O)C(F)(F)F. The molecule has 0 spiro atoms. The summed E-state index contributed by atoms with van der Waals surface area (Å²) in [5.41, 5.74) is -3.45. The highest BCUT2D eigenvalue weighted by molar-refractivity contribution is 7.80. The van der Waals surface area contributed by atoms with Crippen LogP contribution in [0.3, 0.4) is 0 Å². The Balaban J connectivity index is 2.13. The summed E-state index contributed by atoms with van der Waals surface area (Å²) in [4.78, 5) is 13.4. The van der Waals surface area contributed by atoms with E-state index in [1.54, 1.807) is 29.0 Å². The van der Waals surface area contributed by atoms with Gasteiger partial charge in [-0.1, -0.05) is 12.1 Å². The van der Waals surface area contributed by atoms with Gasteiger partial charge in [0.05, 0.1) is 10.9 Å². The summed E-state index contributed by atoms with van der Waals surface area (Å²) in [5, 5.41) is 17.9. The van der Waals surface area contributed by atoms with E-state index in [4.69, 9.17) is 12.2 Å². The van der Waals surface area contributed by atoms with E-state index in [1.807, 2.05) is 5.32 Å². The van der Waals surface area contributed by atoms with Crippen LogP contribution in [0.4, 0.5) is 13.2 Å². The Bertz CT molecular complexity index is 746. The van der Waals surface area contributed by atoms with Crippen molar-refractivity contribution in [3.63, 3.8) is 0 Å². The molecule has 0 unspecified atom stereocenters. The molecule has 1 saturated heterocycles. The number of thiocarbonyl (C=S) groups is 1. The maximum atomic E-state index is 13.6. The Morgan fingerprint density at radius 1 is 1.25 bits per heavy atom. The zero-order valence-electron chi connectivity index (χ0n) is 11.8. The zero-order chi connectivity index (χ0) is 17.5. The van der Waals surface area contributed by atoms with Gasteiger partial charge in [0.25, 0.3) is 0 Å². The number of hydrogen-bond acceptors (Lipinski definition) is 5. The molecular weight excluding hydrogens is 381 g/mol. The molecule has 24 heavy (non-hydrogen) atoms. The summed E-state index contributed by atoms with van der Waals surface area (Å²) < 4.78 is 40.9. The summed E-state index contributed by atoms with van der Waals surface area (Å²) in [5.74, 6) is -2.62. The average Bonchev–Trinajstić information content (AvgIpc) is 3.18. The molecule has 1 aliphatic rings. The molecule has 3 rings (SSSR count). The van der Waals surface area contributed by atoms with Crippen LogP contribution in [-0.4, -0.2) is 27.9 Å². The van der Waals surface area contributed by atoms with Gasteiger partial charge in [-0.25, -0.2) is 0 Å². The first kappa shape index (κ1) is 17.3. The number of thiophene rings is 2. The second-order valence-corrected chi connectivity index (χ2v) is 7.51. The summed E-state index contributed by atoms with van der Waals surface area (Å²) >= 11 is 7.03. The van der Waals surface area contributed by atoms with Crippen molar-refractivity contribution in [3.05, 3.63) is 44.8 Å². The number of Topliss-reactive ketones (excluding diaryl/α,β-unsaturated/α-hetero) is 1. The van der Waals surface area contributed by atoms with Crippen molar-refractivity contribution in [2.75, 3.05) is 0 Å². The third-order valence-electron chi connectivity index (χ3n) is 3.70. The minimum Gasteiger partial charge on any atom is -0.363 e. The van der Waals surface area contributed by atoms with Crippen LogP contribution in [0.1, 0.15) is 20.6 Å². The number of rotatable bonds is 3. The third-order valence-corrected chi connectivity index (χ3v) is 5.76. The molecule has 1 aliphatic heterocycles. The molecule has 1 fully saturated rings. The predicted molar refractivity (Wildman–Crippen MR) is 89.1 cm³/mol. The third kappa shape index (κ3) is 2.83. The minimum atomic E-state index is -5.09. The van der Waals surface area contributed by atoms with Gasteiger partial charge in [-0.15, -0.1) is 22.7 Å². The quantitative estimate of drug-likeness (QED) is 0.554. The number of alkyl halides is 3. The Morgan fingerprint density at radius 3 is 2.46 bits per heavy atom. The Morgan fingerprint density at radius 2 is 1.92 bits per heavy atom. The number of carbonyl (C=O) groups is 1. The van der Waals surface area contributed by atoms with Crippen molar-refractivity contribution in [2.45, 2.75) is 17.9 Å². The van der Waals surface area contributed by atoms with Crippen LogP contribution in [0.5, 0.6) is 0 Å². The molecule has 2 aromatic rings. The van der Waals surface area contributed by atoms with Gasteiger partial charge < -0.3 is 15.7 Å². The fraction of sp³-hybridized carbons (Fsp3) is 0.286. The molecule has 0 saturated carbocycles. The molecule has 0 radical (unpaired) electrons. The van der Waals surface area contributed by atoms with Crippen LogP contribution >= 0.6 is 34.9 Å². The van der Waals surface area contributed by atoms with Gasteiger partial charge in [0.1, 0.15) is 5.92 Å². The van der Waals surface area contributed by atoms with Crippen molar-refractivity contribution >= 4 is 45.8 Å². The van der Waals surface area contributed by atoms with E-state index >= 15 is 0 Å². The normalized spacial score (nSPS) is 27.4. The Kier molecular flexibility index (Phi) is 4.41. The molecule has 3 atom stereocenters. The fourth-order valence-electron chi connectivity index (χ4n) is 2.62. The molecule has 3 heterocycles. The predicted octanol–water partition coefficient (Wildman–Crippen LogP) is 3.08. The molecule has 10 heteroatoms. The second kappa shape index (κ2) is 6.10. The molecule has 128 valence electrons. The number of aliphatic hydroxyl groups is 1. The van der Waals surface area contributed by atoms with Gasteiger partial charge in [0.2, 0.25) is 5.72 Å². The van der Waals surface area contributed by atoms with Crippen LogP contribution in [0.15, 0.2) is 35.0 Å². The molecule has 3 N–H and O–H groups in total. The lowest BCUT2D eigenvalue weighted by molar-refractivity contribution is -0.285. The van der Waals surface area contributed by atoms with Gasteiger partial charge in [0, 0.05) is 4.88 Å². The summed E-state index contributed by atoms with van der Waals surface area (Å²) in [7, 11) is 0. The first-order valence-electron chi connectivity index (χ1n) is 6.73. The summed E-state index contributed by atoms with van der Waals surface area (Å²) in [6, 6.07) is 5.18. The van der Waals surface area contributed by atoms with E-state index < -0.39 is 29.6 Å². The van der Waals surface area contributed by atoms with Gasteiger partial charge in [-0.3, -0.25) is 4.79 Å². The van der Waals surface area contributed by atoms with Crippen molar-refractivity contribution in [1.82, 2.24) is 10.6 Å². The molecule has 0 bridgehead atoms. The number of halogens is 3. The highest BCUT2D eigenvalue weighted by Gasteiger charge is 2.66. The molecule has 2 aromatic heterocycles. The van der Waals surface area contributed by atoms with Crippen LogP contribution in [0.2, 0.25) is 0 Å². The summed E-state index contributed by atoms with van der Waals surface area (Å²) in [6.45, 7) is 0. The van der Waals surface area contributed by atoms with Crippen LogP contribution < -0.4 is 10.6 Å². The van der Waals surface area contributed by atoms with Crippen molar-refractivity contribution in [3.8, 4) is 0 Å². The van der Waals surface area contributed by atoms with Gasteiger partial charge >= 0.3 is 6.18 Å². The monoisotopic (exact) mass is 392 g/mol. The van der Waals surface area contributed by atoms with E-state index in [0.717, 1.165) is 11.3 Å². The topological polar surface area (TPSA) is 61.4 Å². The van der Waals surface area contributed by atoms with Gasteiger partial charge in [0.15, 0.2) is 10.9 Å². The van der Waals surface area contributed by atoms with Crippen LogP contribution in [0, 0.1) is 5.92 Å². The smallest absolute Gasteiger partial charge is 0.363 e. The van der Waals surface area contributed by atoms with Gasteiger partial charge in [-0.05, 0) is 35.1 Å². The maximum Gasteiger partial charge on any atom is 0.437 e. The standard InChI is InChI=1S/C14H11F3N2O2S3/c15-14(16,17)13(21)9(11(20)8-4-2-6-24-8)10(18-12(22)19-13)7-3-1-5-23-7/h1-6,9-10,21H,(H2,18,19,22)/t9-,10+,13+/m1/s1. The van der Waals surface area contributed by atoms with Crippen molar-refractivity contribution in [1.29, 1.82) is 0 Å². The average molecular weight is 392 g/mol. The highest BCUT2D eigenvalue weighted by Crippen LogP contribution is 2.45. The highest BCUT2D eigenvalue weighted by atomic mass is 32.1. The fourth-order valence-corrected chi connectivity index (χ4v) is 4.42. The Hall–Kier alpha value is -1.49. The number of carbonyl (C=O) groups excluding carboxylic acids is 1. The van der Waals surface area contributed by atoms with Crippen molar-refractivity contribution < 1.29 is 23.1 Å². The molecular formula is C14H11F3N2O2S3. The minimum absolute atomic E-state index is 0.139. The maximum absolute atomic E-state index is 13.6. The summed E-state index contributed by atoms with van der Waals surface area (Å²) in [6.07, 6.45) is -5.09. The molecule has 0 aromatic carbocycles. The molecule has 4 nitrogen and oxygen atoms in total. The number of ketones is 1. The van der Waals surface area contributed by atoms with E-state index in [2.05, 4.69) is 5.32 Å². The van der Waals surface area contributed by atoms with Crippen LogP contribution in [0.25, 0.3) is 0 Å². The lowest BCUT2D eigenvalue weighted by atomic mass is 9.81. The largest absolute Gasteiger partial charge is 0.437 e. The lowest BCUT2D eigenvalue weighted by Crippen LogP contribution is -2.72. The lowest BCUT2D eigenvalue weighted by Gasteiger charge is -2.45. The van der Waals surface area contributed by atoms with E-state index in [1.165, 1.54) is 17.4 Å². The van der Waals surface area contributed by atoms with E-state index in [9.17, 15) is 23.1 Å². The first-order chi connectivity index (χ1) is 11.2. The number of nitrogens with one attached hydrogen (secondary N) is 2.